The maximum absolute atomic E-state index is 13.3. The molecule has 3 heterocycles. The van der Waals surface area contributed by atoms with Crippen molar-refractivity contribution in [1.29, 1.82) is 0 Å². The molecule has 2 aromatic carbocycles. The van der Waals surface area contributed by atoms with Crippen LogP contribution in [0.25, 0.3) is 11.1 Å². The Labute approximate surface area is 212 Å². The lowest BCUT2D eigenvalue weighted by Gasteiger charge is -2.41. The highest BCUT2D eigenvalue weighted by atomic mass is 35.5. The van der Waals surface area contributed by atoms with Crippen molar-refractivity contribution in [3.63, 3.8) is 0 Å². The molecule has 5 rings (SSSR count). The number of aromatic nitrogens is 1. The first-order valence-electron chi connectivity index (χ1n) is 12.2. The standard InChI is InChI=1S/C27H30ClN3O3S/c28-23-5-1-21(2-6-23)22-3-7-27(8-4-22)35(32,33)31-19-11-24(12-20-31)30-17-13-26(14-18-30)34-25-9-15-29-16-10-25/h1-10,15-16,24,26H,11-14,17-20H2. The van der Waals surface area contributed by atoms with Crippen LogP contribution in [0.3, 0.4) is 0 Å². The molecular weight excluding hydrogens is 482 g/mol. The zero-order valence-corrected chi connectivity index (χ0v) is 21.2. The van der Waals surface area contributed by atoms with E-state index in [1.807, 2.05) is 48.5 Å². The third kappa shape index (κ3) is 5.70. The lowest BCUT2D eigenvalue weighted by molar-refractivity contribution is 0.0585. The summed E-state index contributed by atoms with van der Waals surface area (Å²) in [6, 6.07) is 18.9. The number of hydrogen-bond acceptors (Lipinski definition) is 5. The number of ether oxygens (including phenoxy) is 1. The third-order valence-corrected chi connectivity index (χ3v) is 9.20. The summed E-state index contributed by atoms with van der Waals surface area (Å²) in [5.74, 6) is 0.873. The van der Waals surface area contributed by atoms with Gasteiger partial charge in [-0.2, -0.15) is 4.31 Å². The molecule has 1 aromatic heterocycles. The van der Waals surface area contributed by atoms with E-state index in [0.29, 0.717) is 29.0 Å². The Morgan fingerprint density at radius 1 is 0.771 bits per heavy atom. The van der Waals surface area contributed by atoms with Gasteiger partial charge in [-0.15, -0.1) is 0 Å². The number of nitrogens with zero attached hydrogens (tertiary/aromatic N) is 3. The average molecular weight is 512 g/mol. The fraction of sp³-hybridized carbons (Fsp3) is 0.370. The first kappa shape index (κ1) is 24.3. The van der Waals surface area contributed by atoms with E-state index in [-0.39, 0.29) is 6.10 Å². The van der Waals surface area contributed by atoms with E-state index in [1.165, 1.54) is 0 Å². The molecule has 2 aliphatic rings. The van der Waals surface area contributed by atoms with Gasteiger partial charge in [-0.3, -0.25) is 4.98 Å². The van der Waals surface area contributed by atoms with Gasteiger partial charge in [0.15, 0.2) is 0 Å². The van der Waals surface area contributed by atoms with Crippen LogP contribution in [0.1, 0.15) is 25.7 Å². The van der Waals surface area contributed by atoms with Crippen LogP contribution in [-0.2, 0) is 10.0 Å². The highest BCUT2D eigenvalue weighted by Gasteiger charge is 2.33. The molecule has 0 bridgehead atoms. The molecule has 6 nitrogen and oxygen atoms in total. The molecule has 0 saturated carbocycles. The molecular formula is C27H30ClN3O3S. The fourth-order valence-electron chi connectivity index (χ4n) is 5.03. The number of hydrogen-bond donors (Lipinski definition) is 0. The summed E-state index contributed by atoms with van der Waals surface area (Å²) in [6.07, 6.45) is 7.42. The van der Waals surface area contributed by atoms with Gasteiger partial charge in [-0.1, -0.05) is 35.9 Å². The number of pyridine rings is 1. The van der Waals surface area contributed by atoms with Crippen LogP contribution in [0.4, 0.5) is 0 Å². The van der Waals surface area contributed by atoms with Crippen LogP contribution < -0.4 is 4.74 Å². The van der Waals surface area contributed by atoms with Crippen LogP contribution >= 0.6 is 11.6 Å². The van der Waals surface area contributed by atoms with Crippen LogP contribution in [0.5, 0.6) is 5.75 Å². The Morgan fingerprint density at radius 3 is 1.94 bits per heavy atom. The molecule has 3 aromatic rings. The zero-order valence-electron chi connectivity index (χ0n) is 19.6. The molecule has 0 N–H and O–H groups in total. The molecule has 184 valence electrons. The number of rotatable bonds is 6. The van der Waals surface area contributed by atoms with E-state index >= 15 is 0 Å². The molecule has 2 saturated heterocycles. The first-order chi connectivity index (χ1) is 17.0. The van der Waals surface area contributed by atoms with E-state index in [9.17, 15) is 8.42 Å². The average Bonchev–Trinajstić information content (AvgIpc) is 2.90. The summed E-state index contributed by atoms with van der Waals surface area (Å²) in [6.45, 7) is 3.08. The summed E-state index contributed by atoms with van der Waals surface area (Å²) < 4.78 is 34.2. The van der Waals surface area contributed by atoms with Crippen LogP contribution in [-0.4, -0.2) is 60.9 Å². The predicted molar refractivity (Wildman–Crippen MR) is 138 cm³/mol. The van der Waals surface area contributed by atoms with E-state index in [2.05, 4.69) is 9.88 Å². The van der Waals surface area contributed by atoms with Crippen molar-refractivity contribution in [3.8, 4) is 16.9 Å². The largest absolute Gasteiger partial charge is 0.490 e. The number of benzene rings is 2. The van der Waals surface area contributed by atoms with E-state index in [1.54, 1.807) is 28.8 Å². The molecule has 2 aliphatic heterocycles. The monoisotopic (exact) mass is 511 g/mol. The van der Waals surface area contributed by atoms with E-state index in [4.69, 9.17) is 16.3 Å². The van der Waals surface area contributed by atoms with Gasteiger partial charge >= 0.3 is 0 Å². The molecule has 2 fully saturated rings. The Kier molecular flexibility index (Phi) is 7.39. The molecule has 0 radical (unpaired) electrons. The van der Waals surface area contributed by atoms with Crippen LogP contribution in [0.2, 0.25) is 5.02 Å². The Hall–Kier alpha value is -2.45. The minimum absolute atomic E-state index is 0.227. The van der Waals surface area contributed by atoms with Gasteiger partial charge in [0.05, 0.1) is 4.90 Å². The highest BCUT2D eigenvalue weighted by Crippen LogP contribution is 2.28. The minimum Gasteiger partial charge on any atom is -0.490 e. The van der Waals surface area contributed by atoms with Crippen LogP contribution in [0.15, 0.2) is 78.0 Å². The van der Waals surface area contributed by atoms with Crippen molar-refractivity contribution >= 4 is 21.6 Å². The van der Waals surface area contributed by atoms with Gasteiger partial charge in [-0.05, 0) is 73.2 Å². The first-order valence-corrected chi connectivity index (χ1v) is 14.0. The van der Waals surface area contributed by atoms with Gasteiger partial charge < -0.3 is 9.64 Å². The summed E-state index contributed by atoms with van der Waals surface area (Å²) in [5, 5.41) is 0.680. The molecule has 35 heavy (non-hydrogen) atoms. The normalized spacial score (nSPS) is 19.0. The maximum atomic E-state index is 13.3. The zero-order chi connectivity index (χ0) is 24.3. The Morgan fingerprint density at radius 2 is 1.34 bits per heavy atom. The number of piperidine rings is 2. The van der Waals surface area contributed by atoms with Gasteiger partial charge in [0.25, 0.3) is 0 Å². The van der Waals surface area contributed by atoms with Gasteiger partial charge in [-0.25, -0.2) is 8.42 Å². The lowest BCUT2D eigenvalue weighted by atomic mass is 10.00. The molecule has 0 spiro atoms. The quantitative estimate of drug-likeness (QED) is 0.461. The van der Waals surface area contributed by atoms with Crippen LogP contribution in [0, 0.1) is 0 Å². The molecule has 0 unspecified atom stereocenters. The smallest absolute Gasteiger partial charge is 0.243 e. The van der Waals surface area contributed by atoms with Gasteiger partial charge in [0, 0.05) is 49.6 Å². The molecule has 0 aliphatic carbocycles. The fourth-order valence-corrected chi connectivity index (χ4v) is 6.62. The summed E-state index contributed by atoms with van der Waals surface area (Å²) in [4.78, 5) is 6.90. The van der Waals surface area contributed by atoms with Crippen molar-refractivity contribution in [2.24, 2.45) is 0 Å². The topological polar surface area (TPSA) is 62.7 Å². The number of likely N-dealkylation sites (tertiary alicyclic amines) is 1. The summed E-state index contributed by atoms with van der Waals surface area (Å²) in [5.41, 5.74) is 1.98. The van der Waals surface area contributed by atoms with E-state index < -0.39 is 10.0 Å². The Balaban J connectivity index is 1.14. The van der Waals surface area contributed by atoms with Crippen molar-refractivity contribution in [1.82, 2.24) is 14.2 Å². The SMILES string of the molecule is O=S(=O)(c1ccc(-c2ccc(Cl)cc2)cc1)N1CCC(N2CCC(Oc3ccncc3)CC2)CC1. The predicted octanol–water partition coefficient (Wildman–Crippen LogP) is 5.10. The minimum atomic E-state index is -3.50. The van der Waals surface area contributed by atoms with Crippen molar-refractivity contribution < 1.29 is 13.2 Å². The van der Waals surface area contributed by atoms with Gasteiger partial charge in [0.2, 0.25) is 10.0 Å². The number of halogens is 1. The maximum Gasteiger partial charge on any atom is 0.243 e. The Bertz CT molecular complexity index is 1200. The van der Waals surface area contributed by atoms with Crippen molar-refractivity contribution in [2.45, 2.75) is 42.7 Å². The van der Waals surface area contributed by atoms with E-state index in [0.717, 1.165) is 55.6 Å². The molecule has 0 atom stereocenters. The van der Waals surface area contributed by atoms with Gasteiger partial charge in [0.1, 0.15) is 11.9 Å². The van der Waals surface area contributed by atoms with Crippen molar-refractivity contribution in [2.75, 3.05) is 26.2 Å². The lowest BCUT2D eigenvalue weighted by Crippen LogP contribution is -2.50. The molecule has 0 amide bonds. The second-order valence-corrected chi connectivity index (χ2v) is 11.6. The highest BCUT2D eigenvalue weighted by molar-refractivity contribution is 7.89. The van der Waals surface area contributed by atoms with Crippen molar-refractivity contribution in [3.05, 3.63) is 78.1 Å². The second-order valence-electron chi connectivity index (χ2n) is 9.20. The number of sulfonamides is 1. The summed E-state index contributed by atoms with van der Waals surface area (Å²) >= 11 is 5.97. The third-order valence-electron chi connectivity index (χ3n) is 7.04. The summed E-state index contributed by atoms with van der Waals surface area (Å²) in [7, 11) is -3.50. The second kappa shape index (κ2) is 10.7. The molecule has 8 heteroatoms.